The van der Waals surface area contributed by atoms with E-state index < -0.39 is 0 Å². The van der Waals surface area contributed by atoms with Crippen LogP contribution in [0.5, 0.6) is 5.75 Å². The van der Waals surface area contributed by atoms with Crippen molar-refractivity contribution < 1.29 is 4.74 Å². The lowest BCUT2D eigenvalue weighted by Gasteiger charge is -2.13. The van der Waals surface area contributed by atoms with Crippen LogP contribution in [0, 0.1) is 5.41 Å². The van der Waals surface area contributed by atoms with E-state index in [9.17, 15) is 0 Å². The maximum Gasteiger partial charge on any atom is 0.157 e. The fourth-order valence-electron chi connectivity index (χ4n) is 1.78. The number of nitrogens with two attached hydrogens (primary N) is 1. The highest BCUT2D eigenvalue weighted by atomic mass is 16.5. The van der Waals surface area contributed by atoms with Crippen molar-refractivity contribution in [2.75, 3.05) is 13.2 Å². The first kappa shape index (κ1) is 10.5. The zero-order valence-corrected chi connectivity index (χ0v) is 9.28. The van der Waals surface area contributed by atoms with E-state index in [4.69, 9.17) is 10.5 Å². The molecule has 1 fully saturated rings. The Kier molecular flexibility index (Phi) is 2.95. The summed E-state index contributed by atoms with van der Waals surface area (Å²) in [5, 5.41) is 4.17. The van der Waals surface area contributed by atoms with Crippen LogP contribution >= 0.6 is 0 Å². The largest absolute Gasteiger partial charge is 0.490 e. The molecule has 0 amide bonds. The van der Waals surface area contributed by atoms with Gasteiger partial charge in [-0.3, -0.25) is 4.68 Å². The number of hydrogen-bond donors (Lipinski definition) is 1. The molecule has 4 nitrogen and oxygen atoms in total. The minimum Gasteiger partial charge on any atom is -0.490 e. The quantitative estimate of drug-likeness (QED) is 0.770. The van der Waals surface area contributed by atoms with E-state index in [2.05, 4.69) is 12.0 Å². The van der Waals surface area contributed by atoms with Gasteiger partial charge < -0.3 is 10.5 Å². The van der Waals surface area contributed by atoms with Crippen LogP contribution in [-0.4, -0.2) is 22.9 Å². The van der Waals surface area contributed by atoms with E-state index in [1.165, 1.54) is 12.8 Å². The maximum absolute atomic E-state index is 5.73. The third-order valence-corrected chi connectivity index (χ3v) is 3.11. The van der Waals surface area contributed by atoms with Crippen molar-refractivity contribution in [1.82, 2.24) is 9.78 Å². The number of aromatic nitrogens is 2. The van der Waals surface area contributed by atoms with E-state index in [1.54, 1.807) is 6.20 Å². The minimum atomic E-state index is 0.378. The molecule has 1 aliphatic carbocycles. The standard InChI is InChI=1S/C11H19N3O/c1-2-14-8-10(7-13-14)15-9-11(3-4-11)5-6-12/h7-8H,2-6,9,12H2,1H3. The zero-order valence-electron chi connectivity index (χ0n) is 9.28. The molecule has 2 N–H and O–H groups in total. The summed E-state index contributed by atoms with van der Waals surface area (Å²) in [6, 6.07) is 0. The van der Waals surface area contributed by atoms with Gasteiger partial charge in [-0.2, -0.15) is 5.10 Å². The molecule has 1 aromatic rings. The van der Waals surface area contributed by atoms with Crippen LogP contribution < -0.4 is 10.5 Å². The van der Waals surface area contributed by atoms with Crippen molar-refractivity contribution >= 4 is 0 Å². The van der Waals surface area contributed by atoms with Gasteiger partial charge in [0.2, 0.25) is 0 Å². The zero-order chi connectivity index (χ0) is 10.7. The Morgan fingerprint density at radius 3 is 2.93 bits per heavy atom. The van der Waals surface area contributed by atoms with Gasteiger partial charge in [0, 0.05) is 12.0 Å². The van der Waals surface area contributed by atoms with Crippen molar-refractivity contribution in [2.45, 2.75) is 32.7 Å². The summed E-state index contributed by atoms with van der Waals surface area (Å²) in [6.07, 6.45) is 7.31. The lowest BCUT2D eigenvalue weighted by Crippen LogP contribution is -2.17. The molecule has 1 heterocycles. The molecule has 0 aromatic carbocycles. The predicted molar refractivity (Wildman–Crippen MR) is 58.7 cm³/mol. The molecule has 0 unspecified atom stereocenters. The maximum atomic E-state index is 5.73. The van der Waals surface area contributed by atoms with E-state index in [0.717, 1.165) is 31.9 Å². The third kappa shape index (κ3) is 2.50. The monoisotopic (exact) mass is 209 g/mol. The van der Waals surface area contributed by atoms with Crippen LogP contribution in [0.1, 0.15) is 26.2 Å². The van der Waals surface area contributed by atoms with Crippen molar-refractivity contribution in [2.24, 2.45) is 11.1 Å². The number of rotatable bonds is 6. The van der Waals surface area contributed by atoms with Crippen LogP contribution in [-0.2, 0) is 6.54 Å². The van der Waals surface area contributed by atoms with Gasteiger partial charge >= 0.3 is 0 Å². The van der Waals surface area contributed by atoms with Gasteiger partial charge in [0.1, 0.15) is 0 Å². The molecule has 0 saturated heterocycles. The molecule has 4 heteroatoms. The van der Waals surface area contributed by atoms with Gasteiger partial charge in [-0.05, 0) is 32.7 Å². The van der Waals surface area contributed by atoms with Crippen LogP contribution in [0.4, 0.5) is 0 Å². The minimum absolute atomic E-state index is 0.378. The molecule has 0 atom stereocenters. The molecule has 0 spiro atoms. The Hall–Kier alpha value is -1.03. The van der Waals surface area contributed by atoms with E-state index in [0.29, 0.717) is 5.41 Å². The SMILES string of the molecule is CCn1cc(OCC2(CCN)CC2)cn1. The summed E-state index contributed by atoms with van der Waals surface area (Å²) in [7, 11) is 0. The molecule has 2 rings (SSSR count). The summed E-state index contributed by atoms with van der Waals surface area (Å²) in [6.45, 7) is 4.50. The smallest absolute Gasteiger partial charge is 0.157 e. The molecular weight excluding hydrogens is 190 g/mol. The lowest BCUT2D eigenvalue weighted by atomic mass is 10.0. The van der Waals surface area contributed by atoms with Gasteiger partial charge in [0.05, 0.1) is 19.0 Å². The molecule has 15 heavy (non-hydrogen) atoms. The fraction of sp³-hybridized carbons (Fsp3) is 0.727. The third-order valence-electron chi connectivity index (χ3n) is 3.11. The number of ether oxygens (including phenoxy) is 1. The normalized spacial score (nSPS) is 17.7. The summed E-state index contributed by atoms with van der Waals surface area (Å²) in [4.78, 5) is 0. The number of nitrogens with zero attached hydrogens (tertiary/aromatic N) is 2. The molecule has 0 aliphatic heterocycles. The van der Waals surface area contributed by atoms with Crippen LogP contribution in [0.25, 0.3) is 0 Å². The number of aryl methyl sites for hydroxylation is 1. The van der Waals surface area contributed by atoms with Crippen molar-refractivity contribution in [3.63, 3.8) is 0 Å². The first-order valence-corrected chi connectivity index (χ1v) is 5.63. The van der Waals surface area contributed by atoms with Gasteiger partial charge in [-0.25, -0.2) is 0 Å². The predicted octanol–water partition coefficient (Wildman–Crippen LogP) is 1.41. The second-order valence-corrected chi connectivity index (χ2v) is 4.36. The van der Waals surface area contributed by atoms with Gasteiger partial charge in [-0.15, -0.1) is 0 Å². The second-order valence-electron chi connectivity index (χ2n) is 4.36. The average Bonchev–Trinajstić information content (AvgIpc) is 2.86. The summed E-state index contributed by atoms with van der Waals surface area (Å²) >= 11 is 0. The van der Waals surface area contributed by atoms with E-state index in [-0.39, 0.29) is 0 Å². The van der Waals surface area contributed by atoms with Crippen LogP contribution in [0.2, 0.25) is 0 Å². The molecule has 0 bridgehead atoms. The Balaban J connectivity index is 1.82. The fourth-order valence-corrected chi connectivity index (χ4v) is 1.78. The van der Waals surface area contributed by atoms with E-state index >= 15 is 0 Å². The summed E-state index contributed by atoms with van der Waals surface area (Å²) in [5.74, 6) is 0.875. The highest BCUT2D eigenvalue weighted by Gasteiger charge is 2.42. The Bertz CT molecular complexity index is 317. The summed E-state index contributed by atoms with van der Waals surface area (Å²) < 4.78 is 7.60. The molecule has 84 valence electrons. The van der Waals surface area contributed by atoms with Gasteiger partial charge in [0.25, 0.3) is 0 Å². The second kappa shape index (κ2) is 4.23. The van der Waals surface area contributed by atoms with Crippen LogP contribution in [0.3, 0.4) is 0 Å². The van der Waals surface area contributed by atoms with Crippen molar-refractivity contribution in [3.05, 3.63) is 12.4 Å². The molecule has 0 radical (unpaired) electrons. The topological polar surface area (TPSA) is 53.1 Å². The Labute approximate surface area is 90.4 Å². The van der Waals surface area contributed by atoms with Crippen molar-refractivity contribution in [1.29, 1.82) is 0 Å². The number of hydrogen-bond acceptors (Lipinski definition) is 3. The summed E-state index contributed by atoms with van der Waals surface area (Å²) in [5.41, 5.74) is 5.96. The molecule has 1 saturated carbocycles. The Morgan fingerprint density at radius 2 is 2.40 bits per heavy atom. The first-order chi connectivity index (χ1) is 7.28. The lowest BCUT2D eigenvalue weighted by molar-refractivity contribution is 0.226. The molecule has 1 aliphatic rings. The molecular formula is C11H19N3O. The van der Waals surface area contributed by atoms with Gasteiger partial charge in [-0.1, -0.05) is 0 Å². The first-order valence-electron chi connectivity index (χ1n) is 5.63. The van der Waals surface area contributed by atoms with Crippen LogP contribution in [0.15, 0.2) is 12.4 Å². The van der Waals surface area contributed by atoms with Gasteiger partial charge in [0.15, 0.2) is 5.75 Å². The van der Waals surface area contributed by atoms with Crippen molar-refractivity contribution in [3.8, 4) is 5.75 Å². The average molecular weight is 209 g/mol. The highest BCUT2D eigenvalue weighted by molar-refractivity contribution is 5.12. The highest BCUT2D eigenvalue weighted by Crippen LogP contribution is 2.48. The molecule has 1 aromatic heterocycles. The van der Waals surface area contributed by atoms with E-state index in [1.807, 2.05) is 10.9 Å². The Morgan fingerprint density at radius 1 is 1.60 bits per heavy atom.